The first-order valence-electron chi connectivity index (χ1n) is 20.4. The number of hydrogen-bond donors (Lipinski definition) is 5. The van der Waals surface area contributed by atoms with E-state index in [4.69, 9.17) is 27.7 Å². The summed E-state index contributed by atoms with van der Waals surface area (Å²) in [6, 6.07) is 14.3. The van der Waals surface area contributed by atoms with Gasteiger partial charge < -0.3 is 35.6 Å². The Kier molecular flexibility index (Phi) is 8.86. The van der Waals surface area contributed by atoms with Gasteiger partial charge in [0.05, 0.1) is 28.3 Å². The van der Waals surface area contributed by atoms with Crippen LogP contribution in [0, 0.1) is 0 Å². The van der Waals surface area contributed by atoms with Crippen molar-refractivity contribution in [3.63, 3.8) is 0 Å². The zero-order valence-electron chi connectivity index (χ0n) is 37.0. The third-order valence-electron chi connectivity index (χ3n) is 6.37. The minimum Gasteiger partial charge on any atom is -0.871 e. The lowest BCUT2D eigenvalue weighted by atomic mass is 10.1. The lowest BCUT2D eigenvalue weighted by Crippen LogP contribution is -2.85. The van der Waals surface area contributed by atoms with Crippen LogP contribution in [0.25, 0.3) is 10.8 Å². The largest absolute Gasteiger partial charge is 0.871 e. The molecule has 0 spiro atoms. The molecule has 0 aliphatic carbocycles. The standard InChI is InChI=1S/C25H37NO4.C11H8O3/c27-20-23-18-22(13-14-24(23)28)25(29)19-26-15-7-1-2-8-16-30-17-9-6-12-21-10-4-3-5-11-21;12-10-8-4-2-1-3-7(8)5-6-9(10)11(13)14/h3-5,10-11,13-14,18,25-29H,1-2,6-9,12,15-17,19-20H2;1-6,12H,(H,13,14)/i3D,6D2,9D2,10D,11D,12D2,16D2,17D2;. The van der Waals surface area contributed by atoms with Crippen molar-refractivity contribution in [2.75, 3.05) is 26.2 Å². The number of fused-ring (bicyclic) bond motifs is 1. The average Bonchev–Trinajstić information content (AvgIpc) is 3.10. The van der Waals surface area contributed by atoms with E-state index in [1.807, 2.05) is 11.4 Å². The summed E-state index contributed by atoms with van der Waals surface area (Å²) in [7, 11) is 0. The van der Waals surface area contributed by atoms with E-state index in [2.05, 4.69) is 0 Å². The molecule has 0 aliphatic heterocycles. The molecule has 0 aliphatic rings. The van der Waals surface area contributed by atoms with E-state index in [0.29, 0.717) is 42.4 Å². The molecule has 4 aromatic carbocycles. The van der Waals surface area contributed by atoms with E-state index in [1.54, 1.807) is 30.3 Å². The number of aliphatic hydroxyl groups is 2. The number of nitrogens with two attached hydrogens (primary N) is 1. The highest BCUT2D eigenvalue weighted by atomic mass is 16.5. The normalized spacial score (nSPS) is 17.5. The summed E-state index contributed by atoms with van der Waals surface area (Å²) < 4.78 is 110. The first-order valence-corrected chi connectivity index (χ1v) is 13.9. The highest BCUT2D eigenvalue weighted by molar-refractivity contribution is 5.99. The van der Waals surface area contributed by atoms with Crippen LogP contribution in [0.5, 0.6) is 11.5 Å². The van der Waals surface area contributed by atoms with Gasteiger partial charge in [-0.05, 0) is 78.5 Å². The molecule has 4 rings (SSSR count). The van der Waals surface area contributed by atoms with Crippen molar-refractivity contribution in [1.29, 1.82) is 0 Å². The molecule has 6 N–H and O–H groups in total. The predicted molar refractivity (Wildman–Crippen MR) is 170 cm³/mol. The topological polar surface area (TPSA) is 147 Å². The number of carbonyl (C=O) groups is 1. The van der Waals surface area contributed by atoms with Gasteiger partial charge in [0.15, 0.2) is 0 Å². The number of carboxylic acids is 1. The quantitative estimate of drug-likeness (QED) is 0.108. The molecule has 236 valence electrons. The van der Waals surface area contributed by atoms with Crippen LogP contribution in [0.2, 0.25) is 0 Å². The van der Waals surface area contributed by atoms with Gasteiger partial charge in [0.1, 0.15) is 18.4 Å². The van der Waals surface area contributed by atoms with Crippen molar-refractivity contribution in [3.8, 4) is 11.5 Å². The Morgan fingerprint density at radius 3 is 2.52 bits per heavy atom. The van der Waals surface area contributed by atoms with Gasteiger partial charge in [0, 0.05) is 26.9 Å². The molecule has 1 atom stereocenters. The molecule has 8 nitrogen and oxygen atoms in total. The molecular formula is C36H45NO7. The van der Waals surface area contributed by atoms with E-state index in [-0.39, 0.29) is 36.8 Å². The van der Waals surface area contributed by atoms with Crippen LogP contribution in [-0.4, -0.2) is 52.6 Å². The average molecular weight is 617 g/mol. The second-order valence-corrected chi connectivity index (χ2v) is 9.50. The Morgan fingerprint density at radius 2 is 1.75 bits per heavy atom. The van der Waals surface area contributed by atoms with E-state index in [1.165, 1.54) is 18.2 Å². The number of hydrogen-bond acceptors (Lipinski definition) is 6. The first kappa shape index (κ1) is 20.2. The molecule has 0 amide bonds. The van der Waals surface area contributed by atoms with Crippen LogP contribution in [0.1, 0.15) is 89.4 Å². The summed E-state index contributed by atoms with van der Waals surface area (Å²) in [5.41, 5.74) is -0.229. The predicted octanol–water partition coefficient (Wildman–Crippen LogP) is 4.69. The monoisotopic (exact) mass is 616 g/mol. The third-order valence-corrected chi connectivity index (χ3v) is 6.37. The summed E-state index contributed by atoms with van der Waals surface area (Å²) >= 11 is 0. The number of ether oxygens (including phenoxy) is 1. The molecule has 8 heteroatoms. The van der Waals surface area contributed by atoms with Crippen molar-refractivity contribution >= 4 is 16.7 Å². The number of aromatic hydroxyl groups is 1. The zero-order valence-corrected chi connectivity index (χ0v) is 24.0. The van der Waals surface area contributed by atoms with Gasteiger partial charge in [-0.3, -0.25) is 0 Å². The van der Waals surface area contributed by atoms with Crippen LogP contribution < -0.4 is 10.4 Å². The Labute approximate surface area is 277 Å². The van der Waals surface area contributed by atoms with Crippen molar-refractivity contribution in [3.05, 3.63) is 107 Å². The highest BCUT2D eigenvalue weighted by Gasteiger charge is 2.12. The lowest BCUT2D eigenvalue weighted by Gasteiger charge is -2.13. The number of aromatic carboxylic acids is 1. The third kappa shape index (κ3) is 11.6. The van der Waals surface area contributed by atoms with E-state index in [9.17, 15) is 25.2 Å². The molecule has 0 saturated carbocycles. The fourth-order valence-corrected chi connectivity index (χ4v) is 4.04. The molecule has 0 bridgehead atoms. The first-order chi connectivity index (χ1) is 26.3. The van der Waals surface area contributed by atoms with Crippen LogP contribution in [-0.2, 0) is 17.7 Å². The molecule has 0 fully saturated rings. The number of carboxylic acid groups (broad SMARTS) is 1. The van der Waals surface area contributed by atoms with E-state index < -0.39 is 67.7 Å². The van der Waals surface area contributed by atoms with Gasteiger partial charge >= 0.3 is 5.97 Å². The lowest BCUT2D eigenvalue weighted by molar-refractivity contribution is -0.662. The summed E-state index contributed by atoms with van der Waals surface area (Å²) in [5.74, 6) is -1.67. The maximum Gasteiger partial charge on any atom is 0.335 e. The van der Waals surface area contributed by atoms with Crippen molar-refractivity contribution in [2.24, 2.45) is 0 Å². The fourth-order valence-electron chi connectivity index (χ4n) is 4.04. The molecule has 44 heavy (non-hydrogen) atoms. The Balaban J connectivity index is 0.000000515. The summed E-state index contributed by atoms with van der Waals surface area (Å²) in [5, 5.41) is 52.6. The van der Waals surface area contributed by atoms with Crippen LogP contribution >= 0.6 is 0 Å². The summed E-state index contributed by atoms with van der Waals surface area (Å²) in [6.07, 6.45) is -11.0. The van der Waals surface area contributed by atoms with Crippen molar-refractivity contribution < 1.29 is 58.2 Å². The van der Waals surface area contributed by atoms with Crippen molar-refractivity contribution in [2.45, 2.75) is 57.5 Å². The molecule has 0 saturated heterocycles. The highest BCUT2D eigenvalue weighted by Crippen LogP contribution is 2.26. The molecule has 0 aromatic heterocycles. The Morgan fingerprint density at radius 1 is 0.977 bits per heavy atom. The van der Waals surface area contributed by atoms with E-state index >= 15 is 0 Å². The number of phenols is 1. The SMILES string of the molecule is O=C(O)c1ccc2ccccc2c1[O-].[2H]c1cc([2H])c(C([2H])([2H])C([2H])([2H])C([2H])([2H])C([2H])([2H])OC([2H])([2H])CCCCC[NH2+]CC(O)c2ccc(O)c(CO)c2)c([2H])c1. The number of benzene rings is 4. The Hall–Kier alpha value is -3.95. The van der Waals surface area contributed by atoms with Gasteiger partial charge in [0.25, 0.3) is 0 Å². The van der Waals surface area contributed by atoms with Crippen LogP contribution in [0.4, 0.5) is 0 Å². The van der Waals surface area contributed by atoms with Gasteiger partial charge in [-0.15, -0.1) is 0 Å². The fraction of sp³-hybridized carbons (Fsp3) is 0.361. The second-order valence-electron chi connectivity index (χ2n) is 9.50. The smallest absolute Gasteiger partial charge is 0.335 e. The van der Waals surface area contributed by atoms with E-state index in [0.717, 1.165) is 17.5 Å². The van der Waals surface area contributed by atoms with Gasteiger partial charge in [-0.1, -0.05) is 78.8 Å². The minimum absolute atomic E-state index is 0.0725. The minimum atomic E-state index is -3.80. The van der Waals surface area contributed by atoms with Crippen LogP contribution in [0.15, 0.2) is 84.9 Å². The second kappa shape index (κ2) is 19.4. The number of quaternary nitrogens is 1. The number of unbranched alkanes of at least 4 members (excludes halogenated alkanes) is 2. The molecular weight excluding hydrogens is 558 g/mol. The maximum absolute atomic E-state index is 11.6. The molecule has 4 aromatic rings. The molecule has 0 radical (unpaired) electrons. The van der Waals surface area contributed by atoms with Gasteiger partial charge in [-0.25, -0.2) is 4.79 Å². The number of aliphatic hydroxyl groups excluding tert-OH is 2. The summed E-state index contributed by atoms with van der Waals surface area (Å²) in [4.78, 5) is 10.7. The Bertz CT molecular complexity index is 1990. The maximum atomic E-state index is 11.6. The number of rotatable bonds is 17. The van der Waals surface area contributed by atoms with Gasteiger partial charge in [-0.2, -0.15) is 0 Å². The van der Waals surface area contributed by atoms with Gasteiger partial charge in [0.2, 0.25) is 0 Å². The summed E-state index contributed by atoms with van der Waals surface area (Å²) in [6.45, 7) is -5.95. The molecule has 1 unspecified atom stereocenters. The van der Waals surface area contributed by atoms with Crippen LogP contribution in [0.3, 0.4) is 0 Å². The molecule has 0 heterocycles. The zero-order chi connectivity index (χ0) is 43.1. The van der Waals surface area contributed by atoms with Crippen molar-refractivity contribution in [1.82, 2.24) is 0 Å².